The molecule has 0 amide bonds. The second-order valence-corrected chi connectivity index (χ2v) is 4.31. The van der Waals surface area contributed by atoms with E-state index in [0.717, 1.165) is 18.4 Å². The summed E-state index contributed by atoms with van der Waals surface area (Å²) in [6, 6.07) is 0. The summed E-state index contributed by atoms with van der Waals surface area (Å²) >= 11 is 0. The van der Waals surface area contributed by atoms with Crippen LogP contribution < -0.4 is 5.32 Å². The van der Waals surface area contributed by atoms with Crippen LogP contribution in [-0.4, -0.2) is 38.1 Å². The molecular weight excluding hydrogens is 148 g/mol. The van der Waals surface area contributed by atoms with Crippen LogP contribution in [0.4, 0.5) is 0 Å². The van der Waals surface area contributed by atoms with Gasteiger partial charge in [-0.25, -0.2) is 0 Å². The fourth-order valence-electron chi connectivity index (χ4n) is 2.24. The fraction of sp³-hybridized carbons (Fsp3) is 1.00. The zero-order valence-corrected chi connectivity index (χ0v) is 8.64. The molecule has 0 aromatic carbocycles. The predicted molar refractivity (Wildman–Crippen MR) is 53.3 cm³/mol. The van der Waals surface area contributed by atoms with Crippen LogP contribution in [0.3, 0.4) is 0 Å². The highest BCUT2D eigenvalue weighted by Gasteiger charge is 2.20. The van der Waals surface area contributed by atoms with Gasteiger partial charge in [-0.05, 0) is 25.3 Å². The molecule has 1 N–H and O–H groups in total. The van der Waals surface area contributed by atoms with Crippen molar-refractivity contribution in [3.63, 3.8) is 0 Å². The Balaban J connectivity index is 2.24. The summed E-state index contributed by atoms with van der Waals surface area (Å²) in [5.74, 6) is 1.79. The topological polar surface area (TPSA) is 15.3 Å². The number of likely N-dealkylation sites (N-methyl/N-ethyl adjacent to an activating group) is 1. The molecule has 0 aliphatic carbocycles. The van der Waals surface area contributed by atoms with Gasteiger partial charge in [0.2, 0.25) is 0 Å². The van der Waals surface area contributed by atoms with E-state index in [1.165, 1.54) is 26.1 Å². The lowest BCUT2D eigenvalue weighted by Crippen LogP contribution is -2.41. The maximum atomic E-state index is 3.20. The summed E-state index contributed by atoms with van der Waals surface area (Å²) < 4.78 is 0. The van der Waals surface area contributed by atoms with Gasteiger partial charge in [-0.1, -0.05) is 13.8 Å². The molecule has 1 saturated heterocycles. The van der Waals surface area contributed by atoms with E-state index in [9.17, 15) is 0 Å². The normalized spacial score (nSPS) is 32.2. The molecule has 12 heavy (non-hydrogen) atoms. The molecule has 1 aliphatic heterocycles. The smallest absolute Gasteiger partial charge is 0.0107 e. The molecule has 0 saturated carbocycles. The molecular formula is C10H22N2. The van der Waals surface area contributed by atoms with Crippen LogP contribution in [0.1, 0.15) is 20.3 Å². The van der Waals surface area contributed by atoms with E-state index in [4.69, 9.17) is 0 Å². The quantitative estimate of drug-likeness (QED) is 0.684. The maximum absolute atomic E-state index is 3.20. The lowest BCUT2D eigenvalue weighted by molar-refractivity contribution is 0.142. The molecule has 0 bridgehead atoms. The lowest BCUT2D eigenvalue weighted by Gasteiger charge is -2.34. The summed E-state index contributed by atoms with van der Waals surface area (Å²) in [7, 11) is 2.02. The van der Waals surface area contributed by atoms with Crippen LogP contribution >= 0.6 is 0 Å². The van der Waals surface area contributed by atoms with Crippen LogP contribution in [0, 0.1) is 11.8 Å². The third-order valence-electron chi connectivity index (χ3n) is 2.62. The molecule has 0 spiro atoms. The van der Waals surface area contributed by atoms with Crippen LogP contribution in [0.15, 0.2) is 0 Å². The van der Waals surface area contributed by atoms with Gasteiger partial charge >= 0.3 is 0 Å². The number of likely N-dealkylation sites (tertiary alicyclic amines) is 1. The Labute approximate surface area is 76.3 Å². The van der Waals surface area contributed by atoms with Crippen LogP contribution in [-0.2, 0) is 0 Å². The van der Waals surface area contributed by atoms with Gasteiger partial charge in [0, 0.05) is 26.2 Å². The van der Waals surface area contributed by atoms with Gasteiger partial charge in [0.05, 0.1) is 0 Å². The zero-order valence-electron chi connectivity index (χ0n) is 8.64. The van der Waals surface area contributed by atoms with Gasteiger partial charge in [-0.15, -0.1) is 0 Å². The van der Waals surface area contributed by atoms with Crippen molar-refractivity contribution < 1.29 is 0 Å². The Bertz CT molecular complexity index is 115. The van der Waals surface area contributed by atoms with E-state index in [2.05, 4.69) is 24.1 Å². The average Bonchev–Trinajstić information content (AvgIpc) is 1.99. The molecule has 0 unspecified atom stereocenters. The summed E-state index contributed by atoms with van der Waals surface area (Å²) in [5, 5.41) is 3.20. The minimum atomic E-state index is 0.894. The molecule has 72 valence electrons. The Morgan fingerprint density at radius 1 is 1.25 bits per heavy atom. The van der Waals surface area contributed by atoms with Crippen molar-refractivity contribution >= 4 is 0 Å². The van der Waals surface area contributed by atoms with E-state index in [0.29, 0.717) is 0 Å². The Hall–Kier alpha value is -0.0800. The number of hydrogen-bond acceptors (Lipinski definition) is 2. The zero-order chi connectivity index (χ0) is 8.97. The lowest BCUT2D eigenvalue weighted by atomic mass is 9.92. The number of nitrogens with zero attached hydrogens (tertiary/aromatic N) is 1. The predicted octanol–water partition coefficient (Wildman–Crippen LogP) is 1.18. The minimum absolute atomic E-state index is 0.894. The third kappa shape index (κ3) is 3.11. The third-order valence-corrected chi connectivity index (χ3v) is 2.62. The molecule has 0 radical (unpaired) electrons. The van der Waals surface area contributed by atoms with Gasteiger partial charge < -0.3 is 10.2 Å². The van der Waals surface area contributed by atoms with E-state index < -0.39 is 0 Å². The Morgan fingerprint density at radius 2 is 1.83 bits per heavy atom. The van der Waals surface area contributed by atoms with Crippen molar-refractivity contribution in [3.8, 4) is 0 Å². The fourth-order valence-corrected chi connectivity index (χ4v) is 2.24. The summed E-state index contributed by atoms with van der Waals surface area (Å²) in [5.41, 5.74) is 0. The average molecular weight is 170 g/mol. The molecule has 1 rings (SSSR count). The Morgan fingerprint density at radius 3 is 2.33 bits per heavy atom. The number of rotatable bonds is 3. The Kier molecular flexibility index (Phi) is 4.02. The first-order valence-corrected chi connectivity index (χ1v) is 5.09. The molecule has 1 heterocycles. The monoisotopic (exact) mass is 170 g/mol. The number of nitrogens with one attached hydrogen (secondary N) is 1. The van der Waals surface area contributed by atoms with Crippen molar-refractivity contribution in [1.29, 1.82) is 0 Å². The molecule has 2 heteroatoms. The van der Waals surface area contributed by atoms with Crippen molar-refractivity contribution in [2.45, 2.75) is 20.3 Å². The first-order chi connectivity index (χ1) is 5.72. The standard InChI is InChI=1S/C10H22N2/c1-9-6-10(2)8-12(7-9)5-4-11-3/h9-11H,4-8H2,1-3H3/t9-,10-/m0/s1. The van der Waals surface area contributed by atoms with Gasteiger partial charge in [0.1, 0.15) is 0 Å². The highest BCUT2D eigenvalue weighted by molar-refractivity contribution is 4.74. The minimum Gasteiger partial charge on any atom is -0.318 e. The SMILES string of the molecule is CNCCN1C[C@@H](C)C[C@H](C)C1. The maximum Gasteiger partial charge on any atom is 0.0107 e. The highest BCUT2D eigenvalue weighted by Crippen LogP contribution is 2.20. The van der Waals surface area contributed by atoms with Gasteiger partial charge in [0.25, 0.3) is 0 Å². The van der Waals surface area contributed by atoms with E-state index >= 15 is 0 Å². The molecule has 1 fully saturated rings. The first kappa shape index (κ1) is 10.0. The number of hydrogen-bond donors (Lipinski definition) is 1. The van der Waals surface area contributed by atoms with Gasteiger partial charge in [-0.3, -0.25) is 0 Å². The van der Waals surface area contributed by atoms with Crippen molar-refractivity contribution in [2.24, 2.45) is 11.8 Å². The largest absolute Gasteiger partial charge is 0.318 e. The summed E-state index contributed by atoms with van der Waals surface area (Å²) in [6.07, 6.45) is 1.41. The highest BCUT2D eigenvalue weighted by atomic mass is 15.1. The summed E-state index contributed by atoms with van der Waals surface area (Å²) in [4.78, 5) is 2.58. The van der Waals surface area contributed by atoms with Crippen LogP contribution in [0.2, 0.25) is 0 Å². The van der Waals surface area contributed by atoms with Crippen molar-refractivity contribution in [1.82, 2.24) is 10.2 Å². The van der Waals surface area contributed by atoms with Gasteiger partial charge in [-0.2, -0.15) is 0 Å². The van der Waals surface area contributed by atoms with Crippen LogP contribution in [0.5, 0.6) is 0 Å². The van der Waals surface area contributed by atoms with Gasteiger partial charge in [0.15, 0.2) is 0 Å². The van der Waals surface area contributed by atoms with E-state index in [-0.39, 0.29) is 0 Å². The van der Waals surface area contributed by atoms with E-state index in [1.54, 1.807) is 0 Å². The molecule has 2 nitrogen and oxygen atoms in total. The second kappa shape index (κ2) is 4.83. The van der Waals surface area contributed by atoms with Crippen LogP contribution in [0.25, 0.3) is 0 Å². The van der Waals surface area contributed by atoms with Crippen molar-refractivity contribution in [2.75, 3.05) is 33.2 Å². The summed E-state index contributed by atoms with van der Waals surface area (Å²) in [6.45, 7) is 9.66. The molecule has 0 aromatic rings. The van der Waals surface area contributed by atoms with E-state index in [1.807, 2.05) is 7.05 Å². The number of piperidine rings is 1. The van der Waals surface area contributed by atoms with Crippen molar-refractivity contribution in [3.05, 3.63) is 0 Å². The second-order valence-electron chi connectivity index (χ2n) is 4.31. The molecule has 2 atom stereocenters. The molecule has 1 aliphatic rings. The molecule has 0 aromatic heterocycles. The first-order valence-electron chi connectivity index (χ1n) is 5.09.